The van der Waals surface area contributed by atoms with Crippen molar-refractivity contribution in [2.24, 2.45) is 0 Å². The van der Waals surface area contributed by atoms with E-state index in [1.807, 2.05) is 23.6 Å². The smallest absolute Gasteiger partial charge is 0.318 e. The van der Waals surface area contributed by atoms with Gasteiger partial charge in [-0.3, -0.25) is 0 Å². The second-order valence-corrected chi connectivity index (χ2v) is 5.70. The Morgan fingerprint density at radius 2 is 2.19 bits per heavy atom. The minimum Gasteiger partial charge on any atom is -0.352 e. The van der Waals surface area contributed by atoms with Crippen molar-refractivity contribution in [3.05, 3.63) is 18.1 Å². The number of rotatable bonds is 2. The van der Waals surface area contributed by atoms with Crippen LogP contribution in [0.15, 0.2) is 12.4 Å². The number of carbonyl (C=O) groups is 1. The van der Waals surface area contributed by atoms with Gasteiger partial charge in [0.05, 0.1) is 12.1 Å². The van der Waals surface area contributed by atoms with Gasteiger partial charge in [0.25, 0.3) is 0 Å². The molecule has 110 valence electrons. The number of carbonyl (C=O) groups excluding carboxylic acids is 1. The van der Waals surface area contributed by atoms with Crippen LogP contribution in [0.4, 0.5) is 10.6 Å². The minimum absolute atomic E-state index is 0.00139. The molecular weight excluding hydrogens is 268 g/mol. The van der Waals surface area contributed by atoms with Crippen molar-refractivity contribution in [2.45, 2.75) is 38.4 Å². The van der Waals surface area contributed by atoms with Gasteiger partial charge in [-0.2, -0.15) is 5.26 Å². The Morgan fingerprint density at radius 3 is 2.90 bits per heavy atom. The first-order chi connectivity index (χ1) is 10.1. The van der Waals surface area contributed by atoms with Gasteiger partial charge in [0, 0.05) is 31.5 Å². The molecule has 2 fully saturated rings. The van der Waals surface area contributed by atoms with Crippen molar-refractivity contribution in [1.82, 2.24) is 20.2 Å². The number of hydrogen-bond acceptors (Lipinski definition) is 5. The minimum atomic E-state index is 0.00139. The van der Waals surface area contributed by atoms with Crippen molar-refractivity contribution in [3.63, 3.8) is 0 Å². The van der Waals surface area contributed by atoms with E-state index >= 15 is 0 Å². The maximum Gasteiger partial charge on any atom is 0.318 e. The van der Waals surface area contributed by atoms with Crippen LogP contribution in [0.25, 0.3) is 0 Å². The normalized spacial score (nSPS) is 24.8. The number of amides is 2. The number of nitrogens with zero attached hydrogens (tertiary/aromatic N) is 5. The van der Waals surface area contributed by atoms with E-state index in [0.29, 0.717) is 18.1 Å². The lowest BCUT2D eigenvalue weighted by Crippen LogP contribution is -2.52. The van der Waals surface area contributed by atoms with Crippen LogP contribution in [-0.2, 0) is 0 Å². The van der Waals surface area contributed by atoms with E-state index < -0.39 is 0 Å². The van der Waals surface area contributed by atoms with Gasteiger partial charge in [0.2, 0.25) is 0 Å². The van der Waals surface area contributed by atoms with E-state index in [2.05, 4.69) is 21.4 Å². The predicted molar refractivity (Wildman–Crippen MR) is 76.7 cm³/mol. The summed E-state index contributed by atoms with van der Waals surface area (Å²) in [7, 11) is 0. The molecule has 0 radical (unpaired) electrons. The second-order valence-electron chi connectivity index (χ2n) is 5.70. The third kappa shape index (κ3) is 2.27. The molecule has 1 aromatic rings. The van der Waals surface area contributed by atoms with Crippen LogP contribution in [-0.4, -0.2) is 52.1 Å². The molecule has 1 aromatic heterocycles. The lowest BCUT2D eigenvalue weighted by molar-refractivity contribution is 0.175. The van der Waals surface area contributed by atoms with Crippen molar-refractivity contribution in [3.8, 4) is 6.07 Å². The quantitative estimate of drug-likeness (QED) is 0.866. The van der Waals surface area contributed by atoms with Crippen LogP contribution < -0.4 is 10.2 Å². The molecule has 3 heterocycles. The van der Waals surface area contributed by atoms with Crippen LogP contribution in [0.2, 0.25) is 0 Å². The summed E-state index contributed by atoms with van der Waals surface area (Å²) in [6, 6.07) is 2.56. The summed E-state index contributed by atoms with van der Waals surface area (Å²) in [4.78, 5) is 24.4. The zero-order valence-corrected chi connectivity index (χ0v) is 12.2. The molecule has 2 saturated heterocycles. The Kier molecular flexibility index (Phi) is 3.37. The third-order valence-electron chi connectivity index (χ3n) is 4.12. The second kappa shape index (κ2) is 5.20. The van der Waals surface area contributed by atoms with Gasteiger partial charge in [0.15, 0.2) is 11.5 Å². The Morgan fingerprint density at radius 1 is 1.43 bits per heavy atom. The van der Waals surface area contributed by atoms with Crippen LogP contribution >= 0.6 is 0 Å². The first-order valence-corrected chi connectivity index (χ1v) is 7.16. The van der Waals surface area contributed by atoms with E-state index in [4.69, 9.17) is 5.26 Å². The fraction of sp³-hybridized carbons (Fsp3) is 0.571. The number of nitrogens with one attached hydrogen (secondary N) is 1. The number of aromatic nitrogens is 2. The number of anilines is 1. The van der Waals surface area contributed by atoms with Gasteiger partial charge in [0.1, 0.15) is 6.07 Å². The summed E-state index contributed by atoms with van der Waals surface area (Å²) in [5.41, 5.74) is 0.334. The molecule has 0 bridgehead atoms. The molecule has 0 aliphatic carbocycles. The third-order valence-corrected chi connectivity index (χ3v) is 4.12. The maximum atomic E-state index is 12.1. The molecule has 2 aliphatic rings. The van der Waals surface area contributed by atoms with Crippen LogP contribution in [0.5, 0.6) is 0 Å². The van der Waals surface area contributed by atoms with Crippen molar-refractivity contribution >= 4 is 11.8 Å². The molecule has 7 nitrogen and oxygen atoms in total. The summed E-state index contributed by atoms with van der Waals surface area (Å²) in [5, 5.41) is 12.2. The summed E-state index contributed by atoms with van der Waals surface area (Å²) in [6.07, 6.45) is 3.98. The molecule has 2 atom stereocenters. The Balaban J connectivity index is 1.81. The van der Waals surface area contributed by atoms with E-state index in [1.54, 1.807) is 6.20 Å². The Labute approximate surface area is 123 Å². The predicted octanol–water partition coefficient (Wildman–Crippen LogP) is 0.729. The molecule has 0 saturated carbocycles. The highest BCUT2D eigenvalue weighted by Gasteiger charge is 2.44. The molecule has 3 rings (SSSR count). The largest absolute Gasteiger partial charge is 0.352 e. The number of fused-ring (bicyclic) bond motifs is 1. The fourth-order valence-corrected chi connectivity index (χ4v) is 3.25. The van der Waals surface area contributed by atoms with Crippen LogP contribution in [0.3, 0.4) is 0 Å². The summed E-state index contributed by atoms with van der Waals surface area (Å²) in [6.45, 7) is 5.50. The molecule has 2 aliphatic heterocycles. The first-order valence-electron chi connectivity index (χ1n) is 7.16. The van der Waals surface area contributed by atoms with Gasteiger partial charge < -0.3 is 15.1 Å². The molecule has 0 unspecified atom stereocenters. The summed E-state index contributed by atoms with van der Waals surface area (Å²) >= 11 is 0. The van der Waals surface area contributed by atoms with E-state index in [-0.39, 0.29) is 24.2 Å². The molecule has 7 heteroatoms. The van der Waals surface area contributed by atoms with E-state index in [9.17, 15) is 4.79 Å². The highest BCUT2D eigenvalue weighted by molar-refractivity contribution is 5.78. The summed E-state index contributed by atoms with van der Waals surface area (Å²) in [5.74, 6) is 0.607. The van der Waals surface area contributed by atoms with Gasteiger partial charge in [-0.05, 0) is 20.3 Å². The highest BCUT2D eigenvalue weighted by atomic mass is 16.2. The lowest BCUT2D eigenvalue weighted by Gasteiger charge is -2.38. The number of nitriles is 1. The zero-order chi connectivity index (χ0) is 15.0. The van der Waals surface area contributed by atoms with Crippen LogP contribution in [0, 0.1) is 11.3 Å². The topological polar surface area (TPSA) is 85.2 Å². The monoisotopic (exact) mass is 286 g/mol. The van der Waals surface area contributed by atoms with Crippen LogP contribution in [0.1, 0.15) is 26.0 Å². The van der Waals surface area contributed by atoms with Gasteiger partial charge >= 0.3 is 6.03 Å². The number of piperidine rings is 1. The molecule has 1 N–H and O–H groups in total. The zero-order valence-electron chi connectivity index (χ0n) is 12.2. The lowest BCUT2D eigenvalue weighted by atomic mass is 9.99. The molecule has 0 spiro atoms. The van der Waals surface area contributed by atoms with E-state index in [0.717, 1.165) is 13.0 Å². The van der Waals surface area contributed by atoms with Gasteiger partial charge in [-0.15, -0.1) is 0 Å². The SMILES string of the molecule is CC(C)N1C(=O)N[C@@H]2CN(c3nccnc3C#N)CC[C@@H]21. The van der Waals surface area contributed by atoms with Gasteiger partial charge in [-0.1, -0.05) is 0 Å². The van der Waals surface area contributed by atoms with Gasteiger partial charge in [-0.25, -0.2) is 14.8 Å². The maximum absolute atomic E-state index is 12.1. The van der Waals surface area contributed by atoms with E-state index in [1.165, 1.54) is 6.20 Å². The first kappa shape index (κ1) is 13.6. The summed E-state index contributed by atoms with van der Waals surface area (Å²) < 4.78 is 0. The fourth-order valence-electron chi connectivity index (χ4n) is 3.25. The Bertz CT molecular complexity index is 595. The van der Waals surface area contributed by atoms with Crippen molar-refractivity contribution in [1.29, 1.82) is 5.26 Å². The molecule has 2 amide bonds. The average molecular weight is 286 g/mol. The van der Waals surface area contributed by atoms with Crippen molar-refractivity contribution in [2.75, 3.05) is 18.0 Å². The average Bonchev–Trinajstić information content (AvgIpc) is 2.82. The Hall–Kier alpha value is -2.36. The van der Waals surface area contributed by atoms with Crippen molar-refractivity contribution < 1.29 is 4.79 Å². The highest BCUT2D eigenvalue weighted by Crippen LogP contribution is 2.27. The standard InChI is InChI=1S/C14H18N6O/c1-9(2)20-12-3-6-19(8-11(12)18-14(20)21)13-10(7-15)16-4-5-17-13/h4-5,9,11-12H,3,6,8H2,1-2H3,(H,18,21)/t11-,12+/m1/s1. The molecule has 21 heavy (non-hydrogen) atoms. The molecular formula is C14H18N6O. The number of urea groups is 1. The number of hydrogen-bond donors (Lipinski definition) is 1. The molecule has 0 aromatic carbocycles.